The molecule has 0 aromatic carbocycles. The van der Waals surface area contributed by atoms with Gasteiger partial charge < -0.3 is 15.7 Å². The fourth-order valence-electron chi connectivity index (χ4n) is 2.85. The number of aliphatic hydroxyl groups is 1. The van der Waals surface area contributed by atoms with Crippen LogP contribution in [0.25, 0.3) is 0 Å². The molecule has 0 saturated carbocycles. The fourth-order valence-corrected chi connectivity index (χ4v) is 2.85. The average Bonchev–Trinajstić information content (AvgIpc) is 2.43. The van der Waals surface area contributed by atoms with Crippen molar-refractivity contribution < 1.29 is 5.11 Å². The van der Waals surface area contributed by atoms with E-state index >= 15 is 0 Å². The number of nitrogens with zero attached hydrogens (tertiary/aromatic N) is 3. The molecule has 1 unspecified atom stereocenters. The van der Waals surface area contributed by atoms with Crippen molar-refractivity contribution in [2.24, 2.45) is 5.73 Å². The molecular weight excluding hydrogens is 240 g/mol. The van der Waals surface area contributed by atoms with Crippen LogP contribution in [0, 0.1) is 13.8 Å². The van der Waals surface area contributed by atoms with Crippen LogP contribution in [0.15, 0.2) is 0 Å². The van der Waals surface area contributed by atoms with Crippen molar-refractivity contribution in [2.45, 2.75) is 52.1 Å². The second kappa shape index (κ2) is 6.30. The van der Waals surface area contributed by atoms with Crippen molar-refractivity contribution in [2.75, 3.05) is 18.1 Å². The third-order valence-corrected chi connectivity index (χ3v) is 4.13. The highest BCUT2D eigenvalue weighted by Crippen LogP contribution is 2.29. The summed E-state index contributed by atoms with van der Waals surface area (Å²) in [6.07, 6.45) is 4.29. The van der Waals surface area contributed by atoms with Gasteiger partial charge in [-0.25, -0.2) is 0 Å². The van der Waals surface area contributed by atoms with Crippen LogP contribution in [0.2, 0.25) is 0 Å². The van der Waals surface area contributed by atoms with Gasteiger partial charge in [-0.2, -0.15) is 5.10 Å². The molecule has 2 rings (SSSR count). The van der Waals surface area contributed by atoms with Crippen LogP contribution in [-0.4, -0.2) is 34.5 Å². The lowest BCUT2D eigenvalue weighted by Gasteiger charge is -2.37. The van der Waals surface area contributed by atoms with Gasteiger partial charge in [0, 0.05) is 31.3 Å². The van der Waals surface area contributed by atoms with Crippen LogP contribution < -0.4 is 10.6 Å². The van der Waals surface area contributed by atoms with Gasteiger partial charge in [-0.1, -0.05) is 0 Å². The summed E-state index contributed by atoms with van der Waals surface area (Å²) in [5.41, 5.74) is 9.08. The lowest BCUT2D eigenvalue weighted by molar-refractivity contribution is 0.262. The van der Waals surface area contributed by atoms with E-state index in [1.807, 2.05) is 6.92 Å². The van der Waals surface area contributed by atoms with E-state index in [0.717, 1.165) is 42.0 Å². The molecule has 5 heteroatoms. The van der Waals surface area contributed by atoms with Gasteiger partial charge in [-0.15, -0.1) is 5.10 Å². The first-order chi connectivity index (χ1) is 9.19. The van der Waals surface area contributed by atoms with E-state index < -0.39 is 0 Å². The summed E-state index contributed by atoms with van der Waals surface area (Å²) >= 11 is 0. The minimum Gasteiger partial charge on any atom is -0.396 e. The topological polar surface area (TPSA) is 75.3 Å². The van der Waals surface area contributed by atoms with E-state index in [0.29, 0.717) is 12.6 Å². The summed E-state index contributed by atoms with van der Waals surface area (Å²) in [6.45, 7) is 5.71. The molecular formula is C14H24N4O. The molecule has 0 aliphatic carbocycles. The Bertz CT molecular complexity index is 434. The van der Waals surface area contributed by atoms with Crippen molar-refractivity contribution in [1.82, 2.24) is 10.2 Å². The maximum absolute atomic E-state index is 9.22. The van der Waals surface area contributed by atoms with Crippen molar-refractivity contribution in [1.29, 1.82) is 0 Å². The Morgan fingerprint density at radius 1 is 1.32 bits per heavy atom. The highest BCUT2D eigenvalue weighted by Gasteiger charge is 2.26. The number of hydrogen-bond acceptors (Lipinski definition) is 5. The molecule has 1 aromatic heterocycles. The summed E-state index contributed by atoms with van der Waals surface area (Å²) in [6, 6.07) is 0.362. The van der Waals surface area contributed by atoms with Crippen molar-refractivity contribution in [3.8, 4) is 0 Å². The van der Waals surface area contributed by atoms with Gasteiger partial charge in [-0.05, 0) is 45.1 Å². The number of rotatable bonds is 4. The van der Waals surface area contributed by atoms with Gasteiger partial charge in [0.1, 0.15) is 0 Å². The molecule has 0 amide bonds. The lowest BCUT2D eigenvalue weighted by Crippen LogP contribution is -2.41. The van der Waals surface area contributed by atoms with Crippen LogP contribution in [0.1, 0.15) is 42.5 Å². The maximum Gasteiger partial charge on any atom is 0.156 e. The lowest BCUT2D eigenvalue weighted by atomic mass is 9.98. The molecule has 0 radical (unpaired) electrons. The fraction of sp³-hybridized carbons (Fsp3) is 0.714. The molecule has 1 aliphatic heterocycles. The monoisotopic (exact) mass is 264 g/mol. The number of aromatic nitrogens is 2. The van der Waals surface area contributed by atoms with Gasteiger partial charge in [0.05, 0.1) is 5.69 Å². The number of aryl methyl sites for hydroxylation is 1. The van der Waals surface area contributed by atoms with Gasteiger partial charge in [0.25, 0.3) is 0 Å². The van der Waals surface area contributed by atoms with E-state index in [1.54, 1.807) is 0 Å². The van der Waals surface area contributed by atoms with Crippen molar-refractivity contribution in [3.63, 3.8) is 0 Å². The third-order valence-electron chi connectivity index (χ3n) is 4.13. The molecule has 1 saturated heterocycles. The van der Waals surface area contributed by atoms with Crippen LogP contribution in [0.3, 0.4) is 0 Å². The number of aliphatic hydroxyl groups excluding tert-OH is 1. The Morgan fingerprint density at radius 2 is 2.11 bits per heavy atom. The summed E-state index contributed by atoms with van der Waals surface area (Å²) in [7, 11) is 0. The maximum atomic E-state index is 9.22. The molecule has 19 heavy (non-hydrogen) atoms. The van der Waals surface area contributed by atoms with Crippen molar-refractivity contribution in [3.05, 3.63) is 16.8 Å². The molecule has 1 aliphatic rings. The SMILES string of the molecule is Cc1nnc(N2CCCCC2CCO)c(CN)c1C. The Balaban J connectivity index is 2.35. The molecule has 2 heterocycles. The highest BCUT2D eigenvalue weighted by atomic mass is 16.3. The standard InChI is InChI=1S/C14H24N4O/c1-10-11(2)16-17-14(13(10)9-15)18-7-4-3-5-12(18)6-8-19/h12,19H,3-9,15H2,1-2H3. The predicted octanol–water partition coefficient (Wildman–Crippen LogP) is 1.29. The van der Waals surface area contributed by atoms with Gasteiger partial charge in [0.2, 0.25) is 0 Å². The van der Waals surface area contributed by atoms with E-state index in [-0.39, 0.29) is 6.61 Å². The average molecular weight is 264 g/mol. The highest BCUT2D eigenvalue weighted by molar-refractivity contribution is 5.51. The number of anilines is 1. The summed E-state index contributed by atoms with van der Waals surface area (Å²) < 4.78 is 0. The zero-order chi connectivity index (χ0) is 13.8. The molecule has 0 spiro atoms. The molecule has 1 aromatic rings. The van der Waals surface area contributed by atoms with Crippen LogP contribution >= 0.6 is 0 Å². The number of nitrogens with two attached hydrogens (primary N) is 1. The molecule has 1 atom stereocenters. The first-order valence-corrected chi connectivity index (χ1v) is 7.09. The first kappa shape index (κ1) is 14.2. The van der Waals surface area contributed by atoms with E-state index in [2.05, 4.69) is 22.0 Å². The van der Waals surface area contributed by atoms with Gasteiger partial charge >= 0.3 is 0 Å². The number of piperidine rings is 1. The predicted molar refractivity (Wildman–Crippen MR) is 76.1 cm³/mol. The van der Waals surface area contributed by atoms with Crippen LogP contribution in [-0.2, 0) is 6.54 Å². The Morgan fingerprint density at radius 3 is 2.79 bits per heavy atom. The van der Waals surface area contributed by atoms with E-state index in [4.69, 9.17) is 5.73 Å². The Kier molecular flexibility index (Phi) is 4.71. The molecule has 3 N–H and O–H groups in total. The molecule has 5 nitrogen and oxygen atoms in total. The zero-order valence-electron chi connectivity index (χ0n) is 11.9. The Labute approximate surface area is 114 Å². The Hall–Kier alpha value is -1.20. The first-order valence-electron chi connectivity index (χ1n) is 7.09. The summed E-state index contributed by atoms with van der Waals surface area (Å²) in [5, 5.41) is 17.8. The molecule has 1 fully saturated rings. The van der Waals surface area contributed by atoms with E-state index in [9.17, 15) is 5.11 Å². The third kappa shape index (κ3) is 2.87. The zero-order valence-corrected chi connectivity index (χ0v) is 11.9. The summed E-state index contributed by atoms with van der Waals surface area (Å²) in [4.78, 5) is 2.29. The number of hydrogen-bond donors (Lipinski definition) is 2. The summed E-state index contributed by atoms with van der Waals surface area (Å²) in [5.74, 6) is 0.920. The molecule has 0 bridgehead atoms. The van der Waals surface area contributed by atoms with Crippen LogP contribution in [0.5, 0.6) is 0 Å². The van der Waals surface area contributed by atoms with Crippen molar-refractivity contribution >= 4 is 5.82 Å². The minimum absolute atomic E-state index is 0.220. The second-order valence-corrected chi connectivity index (χ2v) is 5.27. The largest absolute Gasteiger partial charge is 0.396 e. The minimum atomic E-state index is 0.220. The van der Waals surface area contributed by atoms with Crippen LogP contribution in [0.4, 0.5) is 5.82 Å². The van der Waals surface area contributed by atoms with Gasteiger partial charge in [0.15, 0.2) is 5.82 Å². The molecule has 106 valence electrons. The van der Waals surface area contributed by atoms with Gasteiger partial charge in [-0.3, -0.25) is 0 Å². The second-order valence-electron chi connectivity index (χ2n) is 5.27. The quantitative estimate of drug-likeness (QED) is 0.857. The normalized spacial score (nSPS) is 19.8. The van der Waals surface area contributed by atoms with E-state index in [1.165, 1.54) is 12.8 Å². The smallest absolute Gasteiger partial charge is 0.156 e.